The number of likely N-dealkylation sites (N-methyl/N-ethyl adjacent to an activating group) is 1. The highest BCUT2D eigenvalue weighted by Gasteiger charge is 2.37. The average molecular weight is 322 g/mol. The van der Waals surface area contributed by atoms with Gasteiger partial charge in [0.1, 0.15) is 11.6 Å². The van der Waals surface area contributed by atoms with Gasteiger partial charge in [0, 0.05) is 13.6 Å². The molecule has 1 aliphatic heterocycles. The molecule has 5 heteroatoms. The predicted molar refractivity (Wildman–Crippen MR) is 90.6 cm³/mol. The van der Waals surface area contributed by atoms with Crippen LogP contribution in [-0.4, -0.2) is 60.0 Å². The number of amides is 1. The summed E-state index contributed by atoms with van der Waals surface area (Å²) in [6.45, 7) is 11.4. The second kappa shape index (κ2) is 7.83. The van der Waals surface area contributed by atoms with Crippen molar-refractivity contribution in [2.75, 3.05) is 26.7 Å². The molecule has 0 aromatic heterocycles. The molecule has 130 valence electrons. The van der Waals surface area contributed by atoms with Crippen LogP contribution in [0.3, 0.4) is 0 Å². The van der Waals surface area contributed by atoms with Crippen molar-refractivity contribution in [1.82, 2.24) is 9.80 Å². The van der Waals surface area contributed by atoms with Crippen molar-refractivity contribution in [2.24, 2.45) is 11.8 Å². The minimum absolute atomic E-state index is 0.00548. The Labute approximate surface area is 140 Å². The number of nitrogens with zero attached hydrogens (tertiary/aromatic N) is 2. The van der Waals surface area contributed by atoms with Crippen molar-refractivity contribution >= 4 is 11.9 Å². The molecule has 1 heterocycles. The lowest BCUT2D eigenvalue weighted by Gasteiger charge is -2.33. The summed E-state index contributed by atoms with van der Waals surface area (Å²) in [5.74, 6) is 2.15. The highest BCUT2D eigenvalue weighted by molar-refractivity contribution is 5.86. The molecule has 1 fully saturated rings. The fraction of sp³-hybridized carbons (Fsp3) is 0.778. The number of likely N-dealkylation sites (tertiary alicyclic amines) is 1. The first kappa shape index (κ1) is 19.5. The van der Waals surface area contributed by atoms with Crippen LogP contribution in [0.15, 0.2) is 0 Å². The van der Waals surface area contributed by atoms with Crippen LogP contribution in [0.4, 0.5) is 0 Å². The lowest BCUT2D eigenvalue weighted by molar-refractivity contribution is -0.166. The molecule has 0 aromatic rings. The number of ether oxygens (including phenoxy) is 1. The van der Waals surface area contributed by atoms with E-state index in [2.05, 4.69) is 10.8 Å². The van der Waals surface area contributed by atoms with Crippen molar-refractivity contribution < 1.29 is 14.3 Å². The molecular formula is C18H30N2O3. The Morgan fingerprint density at radius 3 is 2.48 bits per heavy atom. The monoisotopic (exact) mass is 322 g/mol. The molecule has 1 aliphatic rings. The number of hydrogen-bond acceptors (Lipinski definition) is 4. The van der Waals surface area contributed by atoms with Crippen molar-refractivity contribution in [2.45, 2.75) is 52.7 Å². The largest absolute Gasteiger partial charge is 0.458 e. The Balaban J connectivity index is 2.78. The van der Waals surface area contributed by atoms with E-state index in [9.17, 15) is 9.59 Å². The predicted octanol–water partition coefficient (Wildman–Crippen LogP) is 1.77. The normalized spacial score (nSPS) is 20.2. The van der Waals surface area contributed by atoms with Gasteiger partial charge in [-0.15, -0.1) is 6.42 Å². The second-order valence-electron chi connectivity index (χ2n) is 7.60. The van der Waals surface area contributed by atoms with Gasteiger partial charge >= 0.3 is 5.97 Å². The Morgan fingerprint density at radius 2 is 2.00 bits per heavy atom. The molecule has 1 rings (SSSR count). The lowest BCUT2D eigenvalue weighted by Crippen LogP contribution is -2.50. The van der Waals surface area contributed by atoms with E-state index in [1.54, 1.807) is 11.9 Å². The molecule has 0 unspecified atom stereocenters. The molecule has 23 heavy (non-hydrogen) atoms. The summed E-state index contributed by atoms with van der Waals surface area (Å²) in [7, 11) is 1.70. The van der Waals surface area contributed by atoms with E-state index in [1.165, 1.54) is 0 Å². The van der Waals surface area contributed by atoms with Crippen LogP contribution in [0.25, 0.3) is 0 Å². The smallest absolute Gasteiger partial charge is 0.329 e. The lowest BCUT2D eigenvalue weighted by atomic mass is 9.99. The molecule has 1 amide bonds. The number of carbonyl (C=O) groups excluding carboxylic acids is 2. The fourth-order valence-corrected chi connectivity index (χ4v) is 2.97. The van der Waals surface area contributed by atoms with Gasteiger partial charge in [-0.05, 0) is 39.7 Å². The van der Waals surface area contributed by atoms with Gasteiger partial charge in [-0.25, -0.2) is 4.79 Å². The topological polar surface area (TPSA) is 49.9 Å². The highest BCUT2D eigenvalue weighted by Crippen LogP contribution is 2.22. The van der Waals surface area contributed by atoms with Gasteiger partial charge in [0.15, 0.2) is 0 Å². The Morgan fingerprint density at radius 1 is 1.39 bits per heavy atom. The van der Waals surface area contributed by atoms with E-state index in [0.29, 0.717) is 13.1 Å². The number of hydrogen-bond donors (Lipinski definition) is 0. The maximum Gasteiger partial charge on any atom is 0.329 e. The van der Waals surface area contributed by atoms with Gasteiger partial charge in [-0.1, -0.05) is 19.8 Å². The van der Waals surface area contributed by atoms with E-state index in [-0.39, 0.29) is 23.7 Å². The molecular weight excluding hydrogens is 292 g/mol. The van der Waals surface area contributed by atoms with E-state index >= 15 is 0 Å². The molecule has 0 N–H and O–H groups in total. The van der Waals surface area contributed by atoms with Crippen LogP contribution in [0.2, 0.25) is 0 Å². The Bertz CT molecular complexity index is 474. The van der Waals surface area contributed by atoms with Gasteiger partial charge in [-0.2, -0.15) is 0 Å². The Kier molecular flexibility index (Phi) is 6.64. The van der Waals surface area contributed by atoms with Crippen molar-refractivity contribution in [1.29, 1.82) is 0 Å². The van der Waals surface area contributed by atoms with Crippen molar-refractivity contribution in [3.8, 4) is 12.3 Å². The molecule has 0 saturated carbocycles. The molecule has 0 bridgehead atoms. The number of terminal acetylenes is 1. The van der Waals surface area contributed by atoms with Gasteiger partial charge in [-0.3, -0.25) is 9.69 Å². The fourth-order valence-electron chi connectivity index (χ4n) is 2.97. The van der Waals surface area contributed by atoms with E-state index in [1.807, 2.05) is 34.6 Å². The quantitative estimate of drug-likeness (QED) is 0.572. The first-order valence-corrected chi connectivity index (χ1v) is 8.22. The van der Waals surface area contributed by atoms with E-state index in [0.717, 1.165) is 13.0 Å². The summed E-state index contributed by atoms with van der Waals surface area (Å²) in [4.78, 5) is 28.9. The Hall–Kier alpha value is -1.54. The third kappa shape index (κ3) is 5.54. The van der Waals surface area contributed by atoms with Crippen molar-refractivity contribution in [3.05, 3.63) is 0 Å². The van der Waals surface area contributed by atoms with Crippen LogP contribution >= 0.6 is 0 Å². The summed E-state index contributed by atoms with van der Waals surface area (Å²) in [5.41, 5.74) is -0.564. The summed E-state index contributed by atoms with van der Waals surface area (Å²) >= 11 is 0. The second-order valence-corrected chi connectivity index (χ2v) is 7.60. The van der Waals surface area contributed by atoms with Gasteiger partial charge in [0.25, 0.3) is 0 Å². The van der Waals surface area contributed by atoms with Crippen LogP contribution in [0.1, 0.15) is 41.0 Å². The first-order chi connectivity index (χ1) is 10.6. The number of carbonyl (C=O) groups is 2. The third-order valence-electron chi connectivity index (χ3n) is 3.98. The molecule has 2 atom stereocenters. The maximum atomic E-state index is 12.8. The molecule has 0 spiro atoms. The zero-order chi connectivity index (χ0) is 17.8. The number of rotatable bonds is 5. The summed E-state index contributed by atoms with van der Waals surface area (Å²) in [5, 5.41) is 0. The van der Waals surface area contributed by atoms with Crippen LogP contribution < -0.4 is 0 Å². The van der Waals surface area contributed by atoms with Crippen LogP contribution in [0.5, 0.6) is 0 Å². The van der Waals surface area contributed by atoms with Gasteiger partial charge in [0.2, 0.25) is 5.91 Å². The van der Waals surface area contributed by atoms with Crippen LogP contribution in [-0.2, 0) is 14.3 Å². The molecule has 0 aliphatic carbocycles. The molecule has 1 saturated heterocycles. The van der Waals surface area contributed by atoms with E-state index < -0.39 is 11.6 Å². The zero-order valence-electron chi connectivity index (χ0n) is 15.3. The maximum absolute atomic E-state index is 12.8. The van der Waals surface area contributed by atoms with Crippen molar-refractivity contribution in [3.63, 3.8) is 0 Å². The zero-order valence-corrected chi connectivity index (χ0v) is 15.3. The molecule has 0 radical (unpaired) electrons. The van der Waals surface area contributed by atoms with E-state index in [4.69, 9.17) is 11.2 Å². The SMILES string of the molecule is C#CCN1CC[C@H](C(=O)N(C)[C@H](C(=O)OC(C)(C)C)C(C)C)C1. The number of esters is 1. The standard InChI is InChI=1S/C18H30N2O3/c1-8-10-20-11-9-14(12-20)16(21)19(7)15(13(2)3)17(22)23-18(4,5)6/h1,13-15H,9-12H2,2-7H3/t14-,15-/m0/s1. The summed E-state index contributed by atoms with van der Waals surface area (Å²) < 4.78 is 5.49. The van der Waals surface area contributed by atoms with Crippen LogP contribution in [0, 0.1) is 24.2 Å². The van der Waals surface area contributed by atoms with Gasteiger partial charge in [0.05, 0.1) is 12.5 Å². The molecule has 0 aromatic carbocycles. The summed E-state index contributed by atoms with van der Waals surface area (Å²) in [6.07, 6.45) is 6.11. The first-order valence-electron chi connectivity index (χ1n) is 8.22. The minimum atomic E-state index is -0.566. The van der Waals surface area contributed by atoms with Gasteiger partial charge < -0.3 is 9.64 Å². The molecule has 5 nitrogen and oxygen atoms in total. The minimum Gasteiger partial charge on any atom is -0.458 e. The highest BCUT2D eigenvalue weighted by atomic mass is 16.6. The summed E-state index contributed by atoms with van der Waals surface area (Å²) in [6, 6.07) is -0.566. The third-order valence-corrected chi connectivity index (χ3v) is 3.98. The average Bonchev–Trinajstić information content (AvgIpc) is 2.84.